The molecule has 0 aromatic rings. The van der Waals surface area contributed by atoms with Gasteiger partial charge in [-0.2, -0.15) is 0 Å². The number of rotatable bonds is 10. The first-order chi connectivity index (χ1) is 16.9. The zero-order valence-corrected chi connectivity index (χ0v) is 21.7. The van der Waals surface area contributed by atoms with Gasteiger partial charge in [0.2, 0.25) is 0 Å². The van der Waals surface area contributed by atoms with Gasteiger partial charge >= 0.3 is 185 Å². The van der Waals surface area contributed by atoms with E-state index in [0.29, 0.717) is 0 Å². The van der Waals surface area contributed by atoms with Crippen LogP contribution < -0.4 is 0 Å². The van der Waals surface area contributed by atoms with Crippen LogP contribution in [0, 0.1) is 0 Å². The Morgan fingerprint density at radius 1 is 0.605 bits per heavy atom. The van der Waals surface area contributed by atoms with Crippen LogP contribution in [-0.4, -0.2) is 55.0 Å². The van der Waals surface area contributed by atoms with Crippen LogP contribution in [-0.2, 0) is 19.7 Å². The predicted octanol–water partition coefficient (Wildman–Crippen LogP) is 6.55. The van der Waals surface area contributed by atoms with E-state index >= 15 is 8.78 Å². The zero-order valence-electron chi connectivity index (χ0n) is 16.4. The first-order valence-corrected chi connectivity index (χ1v) is 12.8. The van der Waals surface area contributed by atoms with E-state index in [9.17, 15) is 70.2 Å². The first-order valence-electron chi connectivity index (χ1n) is 8.05. The fourth-order valence-electron chi connectivity index (χ4n) is 2.61. The van der Waals surface area contributed by atoms with E-state index in [1.54, 1.807) is 0 Å². The van der Waals surface area contributed by atoms with E-state index in [2.05, 4.69) is 19.7 Å². The minimum absolute atomic E-state index is 1.46. The molecule has 0 spiro atoms. The second-order valence-electron chi connectivity index (χ2n) is 6.25. The van der Waals surface area contributed by atoms with E-state index in [0.717, 1.165) is 0 Å². The Morgan fingerprint density at radius 3 is 1.34 bits per heavy atom. The standard InChI is InChI=1S/C12H4F14O4.2CF2.2Cf/c13-4(14)1-29-11(25,27)6(17)3-7(18,19)8(20,10(23,24)9(6,21)22)12(26,28)30-2-5(15)16;2*2-1-3;;/h1-2H,3H2;;;;/q-2;;;2*+1. The molecule has 0 bridgehead atoms. The van der Waals surface area contributed by atoms with Crippen molar-refractivity contribution in [3.63, 3.8) is 0 Å². The Balaban J connectivity index is 4.05. The summed E-state index contributed by atoms with van der Waals surface area (Å²) in [4.78, 5) is 0. The van der Waals surface area contributed by atoms with Crippen LogP contribution >= 0.6 is 0 Å². The summed E-state index contributed by atoms with van der Waals surface area (Å²) >= 11 is 0. The summed E-state index contributed by atoms with van der Waals surface area (Å²) < 4.78 is 244. The van der Waals surface area contributed by atoms with E-state index in [-0.39, 0.29) is 0 Å². The third-order valence-corrected chi connectivity index (χ3v) is 6.84. The molecule has 1 fully saturated rings. The molecule has 0 aliphatic heterocycles. The van der Waals surface area contributed by atoms with Gasteiger partial charge in [-0.05, 0) is 0 Å². The number of ether oxygens (including phenoxy) is 2. The number of hydrogen-bond acceptors (Lipinski definition) is 4. The van der Waals surface area contributed by atoms with Crippen LogP contribution in [0.5, 0.6) is 0 Å². The third-order valence-electron chi connectivity index (χ3n) is 4.11. The maximum atomic E-state index is 15.2. The molecule has 4 nitrogen and oxygen atoms in total. The predicted molar refractivity (Wildman–Crippen MR) is 74.2 cm³/mol. The fraction of sp³-hybridized carbons (Fsp3) is 0.571. The monoisotopic (exact) mass is 1080 g/mol. The van der Waals surface area contributed by atoms with Crippen molar-refractivity contribution in [3.8, 4) is 0 Å². The zero-order chi connectivity index (χ0) is 30.2. The van der Waals surface area contributed by atoms with E-state index < -0.39 is 86.1 Å². The van der Waals surface area contributed by atoms with E-state index in [1.165, 1.54) is 0 Å². The van der Waals surface area contributed by atoms with Crippen LogP contribution in [0.2, 0.25) is 0 Å². The molecule has 230 valence electrons. The van der Waals surface area contributed by atoms with Crippen LogP contribution in [0.15, 0.2) is 24.7 Å². The van der Waals surface area contributed by atoms with Gasteiger partial charge in [-0.25, -0.2) is 0 Å². The molecule has 1 rings (SSSR count). The summed E-state index contributed by atoms with van der Waals surface area (Å²) in [5.74, 6) is -22.3. The summed E-state index contributed by atoms with van der Waals surface area (Å²) in [6, 6.07) is -12.6. The molecule has 38 heavy (non-hydrogen) atoms. The molecule has 4 unspecified atom stereocenters. The third kappa shape index (κ3) is 4.63. The molecule has 4 atom stereocenters. The molecule has 0 saturated heterocycles. The fourth-order valence-corrected chi connectivity index (χ4v) is 4.75. The maximum absolute atomic E-state index is 15.2. The van der Waals surface area contributed by atoms with Gasteiger partial charge in [0.15, 0.2) is 0 Å². The molecule has 0 aromatic carbocycles. The number of alkyl halides is 10. The molecule has 0 N–H and O–H groups in total. The molecule has 0 amide bonds. The van der Waals surface area contributed by atoms with Crippen molar-refractivity contribution in [2.24, 2.45) is 0 Å². The van der Waals surface area contributed by atoms with Crippen molar-refractivity contribution in [3.05, 3.63) is 24.7 Å². The summed E-state index contributed by atoms with van der Waals surface area (Å²) in [7, 11) is 0. The van der Waals surface area contributed by atoms with Crippen LogP contribution in [0.1, 0.15) is 6.42 Å². The minimum atomic E-state index is -7.85. The van der Waals surface area contributed by atoms with Crippen molar-refractivity contribution in [1.82, 2.24) is 0 Å². The molecular formula is C14H4Cf2F18O4. The van der Waals surface area contributed by atoms with Gasteiger partial charge in [-0.1, -0.05) is 0 Å². The summed E-state index contributed by atoms with van der Waals surface area (Å²) in [5, 5.41) is 6.31. The molecule has 0 radical (unpaired) electrons. The van der Waals surface area contributed by atoms with Crippen molar-refractivity contribution >= 4 is 13.9 Å². The van der Waals surface area contributed by atoms with Gasteiger partial charge in [0.1, 0.15) is 0 Å². The van der Waals surface area contributed by atoms with Crippen LogP contribution in [0.3, 0.4) is 0 Å². The average Bonchev–Trinajstić information content (AvgIpc) is 2.76. The second kappa shape index (κ2) is 9.41. The molecule has 0 heterocycles. The van der Waals surface area contributed by atoms with E-state index in [4.69, 9.17) is 0 Å². The first kappa shape index (κ1) is 31.5. The van der Waals surface area contributed by atoms with Gasteiger partial charge in [0, 0.05) is 0 Å². The Morgan fingerprint density at radius 2 is 0.974 bits per heavy atom. The summed E-state index contributed by atoms with van der Waals surface area (Å²) in [6.45, 7) is -6.29. The quantitative estimate of drug-likeness (QED) is 0.142. The topological polar surface area (TPSA) is 36.9 Å². The molecule has 0 aromatic heterocycles. The summed E-state index contributed by atoms with van der Waals surface area (Å²) in [5.41, 5.74) is -14.0. The molecular weight excluding hydrogens is 1080 g/mol. The molecule has 1 saturated carbocycles. The Bertz CT molecular complexity index is 961. The van der Waals surface area contributed by atoms with Gasteiger partial charge in [-0.15, -0.1) is 0 Å². The van der Waals surface area contributed by atoms with E-state index in [1.807, 2.05) is 0 Å². The Hall–Kier alpha value is -4.52. The Kier molecular flexibility index (Phi) is 7.80. The SMILES string of the molecule is FC(F)=COC(F)([O][Cf]=[C](F)F)C1(F)CC(F)(F)C(F)(C(F)(OC=C(F)F)[O][Cf]=[C](F)F)C(F)(F)C1(F)F. The number of halogens is 18. The van der Waals surface area contributed by atoms with Gasteiger partial charge < -0.3 is 0 Å². The van der Waals surface area contributed by atoms with Crippen molar-refractivity contribution in [2.45, 2.75) is 47.6 Å². The summed E-state index contributed by atoms with van der Waals surface area (Å²) in [6.07, 6.45) is -14.0. The van der Waals surface area contributed by atoms with Crippen LogP contribution in [0.4, 0.5) is 79.0 Å². The van der Waals surface area contributed by atoms with Gasteiger partial charge in [0.05, 0.1) is 0 Å². The van der Waals surface area contributed by atoms with Gasteiger partial charge in [-0.3, -0.25) is 0 Å². The number of hydrogen-bond donors (Lipinski definition) is 0. The molecule has 1 aliphatic carbocycles. The Labute approximate surface area is 186 Å². The average molecular weight is 1080 g/mol. The van der Waals surface area contributed by atoms with Crippen LogP contribution in [0.25, 0.3) is 0 Å². The van der Waals surface area contributed by atoms with Gasteiger partial charge in [0.25, 0.3) is 0 Å². The van der Waals surface area contributed by atoms with Crippen molar-refractivity contribution in [2.75, 3.05) is 0 Å². The molecule has 24 heteroatoms. The molecule has 1 aliphatic rings. The van der Waals surface area contributed by atoms with Crippen molar-refractivity contribution < 1.29 is 98.7 Å². The second-order valence-corrected chi connectivity index (χ2v) is 10.4. The van der Waals surface area contributed by atoms with Crippen molar-refractivity contribution in [1.29, 1.82) is 0 Å². The normalized spacial score (nSPS) is 28.4.